The standard InChI is InChI=1S/C17H19ClN2O4/c1-5-24-17(22)15-14(11-7-6-9(2)12(18)8-11)13(16(21)23-4)10(3)19-20-15/h6-8,14,19H,5H2,1-4H3. The lowest BCUT2D eigenvalue weighted by atomic mass is 9.84. The first-order valence-corrected chi connectivity index (χ1v) is 7.84. The van der Waals surface area contributed by atoms with Crippen LogP contribution in [-0.2, 0) is 19.1 Å². The van der Waals surface area contributed by atoms with E-state index in [9.17, 15) is 9.59 Å². The van der Waals surface area contributed by atoms with E-state index in [1.165, 1.54) is 7.11 Å². The zero-order chi connectivity index (χ0) is 17.9. The number of methoxy groups -OCH3 is 1. The molecule has 1 N–H and O–H groups in total. The Morgan fingerprint density at radius 1 is 1.29 bits per heavy atom. The molecule has 0 saturated carbocycles. The minimum atomic E-state index is -0.712. The van der Waals surface area contributed by atoms with Gasteiger partial charge < -0.3 is 9.47 Å². The Kier molecular flexibility index (Phi) is 5.62. The molecule has 1 atom stereocenters. The number of rotatable bonds is 4. The quantitative estimate of drug-likeness (QED) is 0.845. The first-order valence-electron chi connectivity index (χ1n) is 7.46. The first-order chi connectivity index (χ1) is 11.4. The second-order valence-corrected chi connectivity index (χ2v) is 5.71. The summed E-state index contributed by atoms with van der Waals surface area (Å²) in [5, 5.41) is 4.63. The molecule has 128 valence electrons. The number of esters is 2. The van der Waals surface area contributed by atoms with Crippen molar-refractivity contribution in [1.82, 2.24) is 5.43 Å². The van der Waals surface area contributed by atoms with E-state index in [-0.39, 0.29) is 12.3 Å². The summed E-state index contributed by atoms with van der Waals surface area (Å²) in [5.41, 5.74) is 5.15. The Morgan fingerprint density at radius 2 is 2.00 bits per heavy atom. The number of aryl methyl sites for hydroxylation is 1. The summed E-state index contributed by atoms with van der Waals surface area (Å²) >= 11 is 6.22. The molecule has 0 amide bonds. The lowest BCUT2D eigenvalue weighted by Gasteiger charge is -2.26. The van der Waals surface area contributed by atoms with Crippen LogP contribution in [-0.4, -0.2) is 31.4 Å². The monoisotopic (exact) mass is 350 g/mol. The number of allylic oxidation sites excluding steroid dienone is 1. The number of hydrogen-bond donors (Lipinski definition) is 1. The lowest BCUT2D eigenvalue weighted by molar-refractivity contribution is -0.136. The van der Waals surface area contributed by atoms with Gasteiger partial charge in [-0.2, -0.15) is 5.10 Å². The third-order valence-electron chi connectivity index (χ3n) is 3.73. The molecular formula is C17H19ClN2O4. The summed E-state index contributed by atoms with van der Waals surface area (Å²) in [6.07, 6.45) is 0. The maximum Gasteiger partial charge on any atom is 0.355 e. The molecule has 1 aromatic carbocycles. The van der Waals surface area contributed by atoms with Crippen LogP contribution < -0.4 is 5.43 Å². The van der Waals surface area contributed by atoms with Gasteiger partial charge in [0, 0.05) is 10.7 Å². The van der Waals surface area contributed by atoms with E-state index in [0.29, 0.717) is 21.9 Å². The molecule has 2 rings (SSSR count). The number of halogens is 1. The van der Waals surface area contributed by atoms with Crippen molar-refractivity contribution in [2.75, 3.05) is 13.7 Å². The highest BCUT2D eigenvalue weighted by Gasteiger charge is 2.37. The van der Waals surface area contributed by atoms with Gasteiger partial charge in [-0.1, -0.05) is 23.7 Å². The Balaban J connectivity index is 2.59. The smallest absolute Gasteiger partial charge is 0.355 e. The van der Waals surface area contributed by atoms with Crippen molar-refractivity contribution in [2.45, 2.75) is 26.7 Å². The number of nitrogens with zero attached hydrogens (tertiary/aromatic N) is 1. The van der Waals surface area contributed by atoms with Crippen molar-refractivity contribution in [1.29, 1.82) is 0 Å². The third-order valence-corrected chi connectivity index (χ3v) is 4.14. The molecule has 1 unspecified atom stereocenters. The highest BCUT2D eigenvalue weighted by atomic mass is 35.5. The molecule has 0 aliphatic carbocycles. The lowest BCUT2D eigenvalue weighted by Crippen LogP contribution is -2.35. The van der Waals surface area contributed by atoms with Crippen molar-refractivity contribution in [3.63, 3.8) is 0 Å². The van der Waals surface area contributed by atoms with Crippen LogP contribution >= 0.6 is 11.6 Å². The van der Waals surface area contributed by atoms with Crippen LogP contribution in [0.25, 0.3) is 0 Å². The van der Waals surface area contributed by atoms with Gasteiger partial charge in [0.1, 0.15) is 0 Å². The van der Waals surface area contributed by atoms with Crippen LogP contribution in [0.5, 0.6) is 0 Å². The molecule has 0 aromatic heterocycles. The number of carbonyl (C=O) groups is 2. The van der Waals surface area contributed by atoms with Crippen molar-refractivity contribution < 1.29 is 19.1 Å². The van der Waals surface area contributed by atoms with Gasteiger partial charge in [0.25, 0.3) is 0 Å². The molecule has 7 heteroatoms. The molecule has 1 heterocycles. The fraction of sp³-hybridized carbons (Fsp3) is 0.353. The van der Waals surface area contributed by atoms with E-state index in [1.54, 1.807) is 19.9 Å². The maximum absolute atomic E-state index is 12.3. The van der Waals surface area contributed by atoms with Gasteiger partial charge >= 0.3 is 11.9 Å². The average Bonchev–Trinajstić information content (AvgIpc) is 2.56. The van der Waals surface area contributed by atoms with Crippen LogP contribution in [0.15, 0.2) is 34.6 Å². The van der Waals surface area contributed by atoms with Crippen LogP contribution in [0, 0.1) is 6.92 Å². The Hall–Kier alpha value is -2.34. The molecule has 6 nitrogen and oxygen atoms in total. The number of carbonyl (C=O) groups excluding carboxylic acids is 2. The Labute approximate surface area is 145 Å². The fourth-order valence-corrected chi connectivity index (χ4v) is 2.67. The number of ether oxygens (including phenoxy) is 2. The summed E-state index contributed by atoms with van der Waals surface area (Å²) in [6.45, 7) is 5.47. The van der Waals surface area contributed by atoms with Gasteiger partial charge in [-0.3, -0.25) is 5.43 Å². The molecule has 1 aromatic rings. The van der Waals surface area contributed by atoms with E-state index in [4.69, 9.17) is 21.1 Å². The predicted molar refractivity (Wildman–Crippen MR) is 90.8 cm³/mol. The van der Waals surface area contributed by atoms with Crippen LogP contribution in [0.3, 0.4) is 0 Å². The van der Waals surface area contributed by atoms with Crippen LogP contribution in [0.1, 0.15) is 30.9 Å². The van der Waals surface area contributed by atoms with Crippen molar-refractivity contribution in [2.24, 2.45) is 5.10 Å². The fourth-order valence-electron chi connectivity index (χ4n) is 2.48. The van der Waals surface area contributed by atoms with E-state index in [2.05, 4.69) is 10.5 Å². The molecule has 0 bridgehead atoms. The number of hydrazone groups is 1. The van der Waals surface area contributed by atoms with Gasteiger partial charge in [0.15, 0.2) is 5.71 Å². The normalized spacial score (nSPS) is 17.0. The van der Waals surface area contributed by atoms with Gasteiger partial charge in [-0.05, 0) is 38.0 Å². The summed E-state index contributed by atoms with van der Waals surface area (Å²) in [7, 11) is 1.29. The van der Waals surface area contributed by atoms with Crippen molar-refractivity contribution in [3.05, 3.63) is 45.6 Å². The predicted octanol–water partition coefficient (Wildman–Crippen LogP) is 2.70. The maximum atomic E-state index is 12.3. The van der Waals surface area contributed by atoms with E-state index >= 15 is 0 Å². The zero-order valence-corrected chi connectivity index (χ0v) is 14.7. The molecular weight excluding hydrogens is 332 g/mol. The second-order valence-electron chi connectivity index (χ2n) is 5.30. The van der Waals surface area contributed by atoms with E-state index in [1.807, 2.05) is 19.1 Å². The van der Waals surface area contributed by atoms with Crippen molar-refractivity contribution >= 4 is 29.3 Å². The molecule has 0 spiro atoms. The number of hydrogen-bond acceptors (Lipinski definition) is 6. The average molecular weight is 351 g/mol. The topological polar surface area (TPSA) is 77.0 Å². The number of benzene rings is 1. The Bertz CT molecular complexity index is 740. The largest absolute Gasteiger partial charge is 0.466 e. The molecule has 0 fully saturated rings. The minimum absolute atomic E-state index is 0.0859. The van der Waals surface area contributed by atoms with Gasteiger partial charge in [0.05, 0.1) is 25.2 Å². The summed E-state index contributed by atoms with van der Waals surface area (Å²) in [6, 6.07) is 5.35. The molecule has 0 radical (unpaired) electrons. The van der Waals surface area contributed by atoms with Crippen LogP contribution in [0.2, 0.25) is 5.02 Å². The minimum Gasteiger partial charge on any atom is -0.466 e. The van der Waals surface area contributed by atoms with Gasteiger partial charge in [-0.25, -0.2) is 9.59 Å². The molecule has 24 heavy (non-hydrogen) atoms. The third kappa shape index (κ3) is 3.43. The molecule has 0 saturated heterocycles. The summed E-state index contributed by atoms with van der Waals surface area (Å²) in [5.74, 6) is -1.85. The van der Waals surface area contributed by atoms with E-state index < -0.39 is 17.9 Å². The van der Waals surface area contributed by atoms with Gasteiger partial charge in [-0.15, -0.1) is 0 Å². The summed E-state index contributed by atoms with van der Waals surface area (Å²) < 4.78 is 9.94. The highest BCUT2D eigenvalue weighted by Crippen LogP contribution is 2.33. The number of nitrogens with one attached hydrogen (secondary N) is 1. The molecule has 1 aliphatic heterocycles. The zero-order valence-electron chi connectivity index (χ0n) is 14.0. The molecule has 1 aliphatic rings. The van der Waals surface area contributed by atoms with Gasteiger partial charge in [0.2, 0.25) is 0 Å². The second kappa shape index (κ2) is 7.49. The summed E-state index contributed by atoms with van der Waals surface area (Å²) in [4.78, 5) is 24.6. The van der Waals surface area contributed by atoms with Crippen molar-refractivity contribution in [3.8, 4) is 0 Å². The van der Waals surface area contributed by atoms with Crippen LogP contribution in [0.4, 0.5) is 0 Å². The first kappa shape index (κ1) is 18.0. The Morgan fingerprint density at radius 3 is 2.58 bits per heavy atom. The SMILES string of the molecule is CCOC(=O)C1=NNC(C)=C(C(=O)OC)C1c1ccc(C)c(Cl)c1. The highest BCUT2D eigenvalue weighted by molar-refractivity contribution is 6.40. The van der Waals surface area contributed by atoms with E-state index in [0.717, 1.165) is 5.56 Å².